The molecule has 2 amide bonds. The lowest BCUT2D eigenvalue weighted by Crippen LogP contribution is -2.38. The third kappa shape index (κ3) is 5.08. The van der Waals surface area contributed by atoms with Crippen molar-refractivity contribution in [1.82, 2.24) is 25.0 Å². The van der Waals surface area contributed by atoms with Crippen molar-refractivity contribution in [1.29, 1.82) is 0 Å². The number of hydrogen-bond acceptors (Lipinski definition) is 3. The third-order valence-electron chi connectivity index (χ3n) is 4.53. The Morgan fingerprint density at radius 1 is 1.15 bits per heavy atom. The zero-order valence-electron chi connectivity index (χ0n) is 15.3. The lowest BCUT2D eigenvalue weighted by molar-refractivity contribution is 0.194. The van der Waals surface area contributed by atoms with Crippen LogP contribution < -0.4 is 5.32 Å². The monoisotopic (exact) mass is 383 g/mol. The van der Waals surface area contributed by atoms with Gasteiger partial charge >= 0.3 is 6.03 Å². The Morgan fingerprint density at radius 2 is 1.81 bits per heavy atom. The molecule has 1 aromatic heterocycles. The van der Waals surface area contributed by atoms with Gasteiger partial charge < -0.3 is 10.2 Å². The maximum absolute atomic E-state index is 12.4. The van der Waals surface area contributed by atoms with Crippen LogP contribution in [-0.4, -0.2) is 32.7 Å². The Balaban J connectivity index is 1.52. The highest BCUT2D eigenvalue weighted by Gasteiger charge is 2.17. The van der Waals surface area contributed by atoms with Gasteiger partial charge in [-0.15, -0.1) is 0 Å². The first-order valence-electron chi connectivity index (χ1n) is 8.69. The van der Waals surface area contributed by atoms with E-state index in [1.54, 1.807) is 23.0 Å². The van der Waals surface area contributed by atoms with E-state index in [-0.39, 0.29) is 12.1 Å². The van der Waals surface area contributed by atoms with E-state index < -0.39 is 0 Å². The number of benzene rings is 2. The average molecular weight is 384 g/mol. The molecule has 3 rings (SSSR count). The van der Waals surface area contributed by atoms with E-state index in [1.165, 1.54) is 6.33 Å². The van der Waals surface area contributed by atoms with Crippen LogP contribution in [0, 0.1) is 0 Å². The van der Waals surface area contributed by atoms with Crippen LogP contribution in [0.4, 0.5) is 4.79 Å². The Kier molecular flexibility index (Phi) is 6.08. The molecule has 0 fully saturated rings. The van der Waals surface area contributed by atoms with Crippen LogP contribution in [0.2, 0.25) is 5.02 Å². The Bertz CT molecular complexity index is 862. The van der Waals surface area contributed by atoms with Gasteiger partial charge in [-0.25, -0.2) is 14.5 Å². The van der Waals surface area contributed by atoms with Crippen LogP contribution in [0.3, 0.4) is 0 Å². The molecule has 0 aliphatic heterocycles. The SMILES string of the molecule is C[C@H](c1ccc(Cl)cc1)N(C)C(=O)NCc1ccc(Cn2cncn2)cc1. The van der Waals surface area contributed by atoms with E-state index >= 15 is 0 Å². The van der Waals surface area contributed by atoms with Gasteiger partial charge in [0.1, 0.15) is 12.7 Å². The molecule has 1 heterocycles. The number of hydrogen-bond donors (Lipinski definition) is 1. The smallest absolute Gasteiger partial charge is 0.317 e. The fraction of sp³-hybridized carbons (Fsp3) is 0.250. The number of nitrogens with zero attached hydrogens (tertiary/aromatic N) is 4. The number of rotatable bonds is 6. The van der Waals surface area contributed by atoms with Crippen LogP contribution in [0.25, 0.3) is 0 Å². The number of halogens is 1. The summed E-state index contributed by atoms with van der Waals surface area (Å²) in [4.78, 5) is 18.1. The quantitative estimate of drug-likeness (QED) is 0.702. The van der Waals surface area contributed by atoms with Crippen molar-refractivity contribution >= 4 is 17.6 Å². The molecule has 27 heavy (non-hydrogen) atoms. The highest BCUT2D eigenvalue weighted by molar-refractivity contribution is 6.30. The van der Waals surface area contributed by atoms with Gasteiger partial charge in [-0.1, -0.05) is 48.0 Å². The molecule has 1 atom stereocenters. The molecule has 7 heteroatoms. The predicted octanol–water partition coefficient (Wildman–Crippen LogP) is 3.88. The molecule has 0 saturated heterocycles. The second-order valence-electron chi connectivity index (χ2n) is 6.41. The minimum atomic E-state index is -0.121. The zero-order chi connectivity index (χ0) is 19.2. The molecule has 0 aliphatic carbocycles. The largest absolute Gasteiger partial charge is 0.334 e. The Hall–Kier alpha value is -2.86. The van der Waals surface area contributed by atoms with E-state index in [0.29, 0.717) is 18.1 Å². The van der Waals surface area contributed by atoms with Gasteiger partial charge in [-0.2, -0.15) is 5.10 Å². The third-order valence-corrected chi connectivity index (χ3v) is 4.78. The Labute approximate surface area is 163 Å². The van der Waals surface area contributed by atoms with E-state index in [2.05, 4.69) is 15.4 Å². The molecule has 0 saturated carbocycles. The van der Waals surface area contributed by atoms with Crippen molar-refractivity contribution in [2.45, 2.75) is 26.1 Å². The highest BCUT2D eigenvalue weighted by atomic mass is 35.5. The van der Waals surface area contributed by atoms with Crippen molar-refractivity contribution in [3.8, 4) is 0 Å². The van der Waals surface area contributed by atoms with Crippen LogP contribution >= 0.6 is 11.6 Å². The average Bonchev–Trinajstić information content (AvgIpc) is 3.19. The predicted molar refractivity (Wildman–Crippen MR) is 105 cm³/mol. The van der Waals surface area contributed by atoms with Gasteiger partial charge in [0.05, 0.1) is 12.6 Å². The minimum absolute atomic E-state index is 0.0488. The molecular weight excluding hydrogens is 362 g/mol. The summed E-state index contributed by atoms with van der Waals surface area (Å²) in [5.74, 6) is 0. The van der Waals surface area contributed by atoms with Gasteiger partial charge in [0, 0.05) is 18.6 Å². The zero-order valence-corrected chi connectivity index (χ0v) is 16.1. The summed E-state index contributed by atoms with van der Waals surface area (Å²) in [7, 11) is 1.79. The fourth-order valence-electron chi connectivity index (χ4n) is 2.71. The van der Waals surface area contributed by atoms with Crippen LogP contribution in [0.15, 0.2) is 61.2 Å². The minimum Gasteiger partial charge on any atom is -0.334 e. The van der Waals surface area contributed by atoms with Crippen LogP contribution in [-0.2, 0) is 13.1 Å². The number of aromatic nitrogens is 3. The summed E-state index contributed by atoms with van der Waals surface area (Å²) < 4.78 is 1.77. The van der Waals surface area contributed by atoms with Gasteiger partial charge in [-0.3, -0.25) is 0 Å². The first-order chi connectivity index (χ1) is 13.0. The summed E-state index contributed by atoms with van der Waals surface area (Å²) >= 11 is 5.93. The molecule has 0 unspecified atom stereocenters. The van der Waals surface area contributed by atoms with Crippen molar-refractivity contribution in [2.24, 2.45) is 0 Å². The van der Waals surface area contributed by atoms with Crippen LogP contribution in [0.1, 0.15) is 29.7 Å². The molecule has 3 aromatic rings. The first kappa shape index (κ1) is 18.9. The lowest BCUT2D eigenvalue weighted by atomic mass is 10.1. The van der Waals surface area contributed by atoms with Crippen molar-refractivity contribution in [3.05, 3.63) is 82.9 Å². The highest BCUT2D eigenvalue weighted by Crippen LogP contribution is 2.20. The maximum atomic E-state index is 12.4. The Morgan fingerprint density at radius 3 is 2.44 bits per heavy atom. The van der Waals surface area contributed by atoms with E-state index in [1.807, 2.05) is 55.5 Å². The molecule has 0 radical (unpaired) electrons. The normalized spacial score (nSPS) is 11.8. The maximum Gasteiger partial charge on any atom is 0.317 e. The molecule has 0 bridgehead atoms. The van der Waals surface area contributed by atoms with Gasteiger partial charge in [0.2, 0.25) is 0 Å². The summed E-state index contributed by atoms with van der Waals surface area (Å²) in [6.07, 6.45) is 3.21. The standard InChI is InChI=1S/C20H22ClN5O/c1-15(18-7-9-19(21)10-8-18)25(2)20(27)23-11-16-3-5-17(6-4-16)12-26-14-22-13-24-26/h3-10,13-15H,11-12H2,1-2H3,(H,23,27)/t15-/m1/s1. The number of nitrogens with one attached hydrogen (secondary N) is 1. The summed E-state index contributed by atoms with van der Waals surface area (Å²) in [5.41, 5.74) is 3.21. The molecule has 0 aliphatic rings. The topological polar surface area (TPSA) is 63.1 Å². The van der Waals surface area contributed by atoms with E-state index in [9.17, 15) is 4.79 Å². The summed E-state index contributed by atoms with van der Waals surface area (Å²) in [6.45, 7) is 3.13. The van der Waals surface area contributed by atoms with E-state index in [4.69, 9.17) is 11.6 Å². The van der Waals surface area contributed by atoms with Crippen molar-refractivity contribution < 1.29 is 4.79 Å². The second kappa shape index (κ2) is 8.68. The fourth-order valence-corrected chi connectivity index (χ4v) is 2.83. The van der Waals surface area contributed by atoms with Crippen molar-refractivity contribution in [2.75, 3.05) is 7.05 Å². The molecular formula is C20H22ClN5O. The number of urea groups is 1. The van der Waals surface area contributed by atoms with Gasteiger partial charge in [0.15, 0.2) is 0 Å². The van der Waals surface area contributed by atoms with Crippen LogP contribution in [0.5, 0.6) is 0 Å². The second-order valence-corrected chi connectivity index (χ2v) is 6.84. The number of amides is 2. The lowest BCUT2D eigenvalue weighted by Gasteiger charge is -2.25. The summed E-state index contributed by atoms with van der Waals surface area (Å²) in [5, 5.41) is 7.74. The summed E-state index contributed by atoms with van der Waals surface area (Å²) in [6, 6.07) is 15.4. The van der Waals surface area contributed by atoms with E-state index in [0.717, 1.165) is 16.7 Å². The molecule has 6 nitrogen and oxygen atoms in total. The van der Waals surface area contributed by atoms with Gasteiger partial charge in [-0.05, 0) is 35.7 Å². The molecule has 2 aromatic carbocycles. The molecule has 0 spiro atoms. The molecule has 1 N–H and O–H groups in total. The van der Waals surface area contributed by atoms with Gasteiger partial charge in [0.25, 0.3) is 0 Å². The van der Waals surface area contributed by atoms with Crippen molar-refractivity contribution in [3.63, 3.8) is 0 Å². The first-order valence-corrected chi connectivity index (χ1v) is 9.07. The number of carbonyl (C=O) groups excluding carboxylic acids is 1. The molecule has 140 valence electrons. The number of carbonyl (C=O) groups is 1.